The van der Waals surface area contributed by atoms with E-state index >= 15 is 0 Å². The van der Waals surface area contributed by atoms with Crippen LogP contribution in [0.15, 0.2) is 139 Å². The van der Waals surface area contributed by atoms with E-state index in [0.29, 0.717) is 6.54 Å². The van der Waals surface area contributed by atoms with Crippen LogP contribution in [0.3, 0.4) is 0 Å². The molecule has 0 aliphatic heterocycles. The molecule has 0 bridgehead atoms. The predicted octanol–water partition coefficient (Wildman–Crippen LogP) is 8.47. The third kappa shape index (κ3) is 4.55. The van der Waals surface area contributed by atoms with Crippen molar-refractivity contribution in [3.63, 3.8) is 0 Å². The molecule has 1 heterocycles. The third-order valence-electron chi connectivity index (χ3n) is 6.66. The molecule has 6 rings (SSSR count). The van der Waals surface area contributed by atoms with Crippen LogP contribution in [-0.4, -0.2) is 10.8 Å². The van der Waals surface area contributed by atoms with Crippen molar-refractivity contribution >= 4 is 39.8 Å². The minimum Gasteiger partial charge on any atom is -0.309 e. The van der Waals surface area contributed by atoms with Gasteiger partial charge in [0.25, 0.3) is 0 Å². The van der Waals surface area contributed by atoms with Crippen molar-refractivity contribution in [1.29, 1.82) is 0 Å². The maximum atomic E-state index is 4.94. The lowest BCUT2D eigenvalue weighted by Gasteiger charge is -2.19. The highest BCUT2D eigenvalue weighted by Gasteiger charge is 2.12. The Balaban J connectivity index is 1.39. The van der Waals surface area contributed by atoms with Crippen molar-refractivity contribution in [2.75, 3.05) is 5.01 Å². The summed E-state index contributed by atoms with van der Waals surface area (Å²) in [4.78, 5) is 0. The smallest absolute Gasteiger partial charge is 0.0666 e. The van der Waals surface area contributed by atoms with Gasteiger partial charge in [-0.3, -0.25) is 5.01 Å². The van der Waals surface area contributed by atoms with Gasteiger partial charge in [-0.15, -0.1) is 0 Å². The Bertz CT molecular complexity index is 1700. The highest BCUT2D eigenvalue weighted by molar-refractivity contribution is 6.10. The average molecular weight is 478 g/mol. The standard InChI is InChI=1S/C34H27N3/c1-2-26-17-19-27(20-18-26)25-36(29-11-5-3-6-12-29)35-24-28-21-22-34-32(23-28)31-15-9-10-16-33(31)37(34)30-13-7-4-8-14-30/h2-24H,1,25H2. The van der Waals surface area contributed by atoms with Gasteiger partial charge in [0.15, 0.2) is 0 Å². The van der Waals surface area contributed by atoms with E-state index in [4.69, 9.17) is 5.10 Å². The Hall–Kier alpha value is -4.89. The van der Waals surface area contributed by atoms with Crippen molar-refractivity contribution in [1.82, 2.24) is 4.57 Å². The number of para-hydroxylation sites is 3. The Morgan fingerprint density at radius 2 is 1.30 bits per heavy atom. The van der Waals surface area contributed by atoms with Gasteiger partial charge in [-0.2, -0.15) is 5.10 Å². The molecule has 0 aliphatic rings. The topological polar surface area (TPSA) is 20.5 Å². The number of hydrogen-bond acceptors (Lipinski definition) is 2. The van der Waals surface area contributed by atoms with Gasteiger partial charge in [0, 0.05) is 16.5 Å². The molecule has 5 aromatic carbocycles. The van der Waals surface area contributed by atoms with Crippen LogP contribution < -0.4 is 5.01 Å². The van der Waals surface area contributed by atoms with Gasteiger partial charge in [-0.25, -0.2) is 0 Å². The van der Waals surface area contributed by atoms with Gasteiger partial charge in [0.2, 0.25) is 0 Å². The van der Waals surface area contributed by atoms with Crippen molar-refractivity contribution in [3.05, 3.63) is 151 Å². The molecular weight excluding hydrogens is 450 g/mol. The van der Waals surface area contributed by atoms with Crippen LogP contribution in [0.2, 0.25) is 0 Å². The molecule has 178 valence electrons. The SMILES string of the molecule is C=Cc1ccc(CN(N=Cc2ccc3c(c2)c2ccccc2n3-c2ccccc2)c2ccccc2)cc1. The fraction of sp³-hybridized carbons (Fsp3) is 0.0294. The highest BCUT2D eigenvalue weighted by Crippen LogP contribution is 2.32. The number of aromatic nitrogens is 1. The van der Waals surface area contributed by atoms with Gasteiger partial charge >= 0.3 is 0 Å². The fourth-order valence-corrected chi connectivity index (χ4v) is 4.79. The maximum Gasteiger partial charge on any atom is 0.0666 e. The van der Waals surface area contributed by atoms with Gasteiger partial charge in [-0.05, 0) is 59.2 Å². The van der Waals surface area contributed by atoms with Gasteiger partial charge < -0.3 is 4.57 Å². The zero-order valence-electron chi connectivity index (χ0n) is 20.5. The number of rotatable bonds is 7. The molecule has 37 heavy (non-hydrogen) atoms. The van der Waals surface area contributed by atoms with E-state index < -0.39 is 0 Å². The van der Waals surface area contributed by atoms with Crippen molar-refractivity contribution < 1.29 is 0 Å². The van der Waals surface area contributed by atoms with E-state index in [0.717, 1.165) is 22.5 Å². The molecule has 6 aromatic rings. The largest absolute Gasteiger partial charge is 0.309 e. The number of anilines is 1. The second-order valence-corrected chi connectivity index (χ2v) is 9.05. The van der Waals surface area contributed by atoms with Crippen molar-refractivity contribution in [2.24, 2.45) is 5.10 Å². The molecule has 1 aromatic heterocycles. The van der Waals surface area contributed by atoms with Crippen LogP contribution in [0.5, 0.6) is 0 Å². The summed E-state index contributed by atoms with van der Waals surface area (Å²) < 4.78 is 2.33. The summed E-state index contributed by atoms with van der Waals surface area (Å²) in [5.74, 6) is 0. The zero-order valence-corrected chi connectivity index (χ0v) is 20.5. The first-order chi connectivity index (χ1) is 18.3. The van der Waals surface area contributed by atoms with E-state index in [1.807, 2.05) is 35.5 Å². The van der Waals surface area contributed by atoms with E-state index in [1.165, 1.54) is 27.4 Å². The van der Waals surface area contributed by atoms with E-state index in [9.17, 15) is 0 Å². The molecule has 0 aliphatic carbocycles. The lowest BCUT2D eigenvalue weighted by atomic mass is 10.1. The predicted molar refractivity (Wildman–Crippen MR) is 158 cm³/mol. The molecule has 3 heteroatoms. The first-order valence-electron chi connectivity index (χ1n) is 12.5. The Kier molecular flexibility index (Phi) is 6.10. The number of hydrazone groups is 1. The van der Waals surface area contributed by atoms with Crippen molar-refractivity contribution in [3.8, 4) is 5.69 Å². The molecule has 0 saturated heterocycles. The normalized spacial score (nSPS) is 11.4. The second kappa shape index (κ2) is 10.00. The van der Waals surface area contributed by atoms with E-state index in [-0.39, 0.29) is 0 Å². The summed E-state index contributed by atoms with van der Waals surface area (Å²) in [5.41, 5.74) is 7.96. The molecule has 0 atom stereocenters. The summed E-state index contributed by atoms with van der Waals surface area (Å²) in [6, 6.07) is 44.4. The Morgan fingerprint density at radius 3 is 2.05 bits per heavy atom. The maximum absolute atomic E-state index is 4.94. The van der Waals surface area contributed by atoms with Gasteiger partial charge in [0.1, 0.15) is 0 Å². The minimum atomic E-state index is 0.674. The van der Waals surface area contributed by atoms with Crippen LogP contribution in [0.1, 0.15) is 16.7 Å². The first kappa shape index (κ1) is 22.6. The average Bonchev–Trinajstić information content (AvgIpc) is 3.30. The lowest BCUT2D eigenvalue weighted by Crippen LogP contribution is -2.16. The first-order valence-corrected chi connectivity index (χ1v) is 12.5. The van der Waals surface area contributed by atoms with Crippen LogP contribution in [0.25, 0.3) is 33.6 Å². The summed E-state index contributed by atoms with van der Waals surface area (Å²) >= 11 is 0. The highest BCUT2D eigenvalue weighted by atomic mass is 15.4. The lowest BCUT2D eigenvalue weighted by molar-refractivity contribution is 0.858. The second-order valence-electron chi connectivity index (χ2n) is 9.05. The molecule has 0 amide bonds. The molecule has 0 saturated carbocycles. The number of benzene rings is 5. The monoisotopic (exact) mass is 477 g/mol. The molecule has 0 unspecified atom stereocenters. The number of hydrogen-bond donors (Lipinski definition) is 0. The third-order valence-corrected chi connectivity index (χ3v) is 6.66. The number of nitrogens with zero attached hydrogens (tertiary/aromatic N) is 3. The molecule has 0 radical (unpaired) electrons. The molecule has 3 nitrogen and oxygen atoms in total. The molecule has 0 spiro atoms. The molecular formula is C34H27N3. The van der Waals surface area contributed by atoms with E-state index in [2.05, 4.69) is 120 Å². The van der Waals surface area contributed by atoms with Crippen LogP contribution in [-0.2, 0) is 6.54 Å². The molecule has 0 N–H and O–H groups in total. The van der Waals surface area contributed by atoms with Crippen molar-refractivity contribution in [2.45, 2.75) is 6.54 Å². The summed E-state index contributed by atoms with van der Waals surface area (Å²) in [5, 5.41) is 9.43. The fourth-order valence-electron chi connectivity index (χ4n) is 4.79. The van der Waals surface area contributed by atoms with Crippen LogP contribution in [0.4, 0.5) is 5.69 Å². The molecule has 0 fully saturated rings. The Labute approximate surface area is 217 Å². The summed E-state index contributed by atoms with van der Waals surface area (Å²) in [7, 11) is 0. The summed E-state index contributed by atoms with van der Waals surface area (Å²) in [6.45, 7) is 4.53. The van der Waals surface area contributed by atoms with Gasteiger partial charge in [0.05, 0.1) is 29.5 Å². The number of fused-ring (bicyclic) bond motifs is 3. The quantitative estimate of drug-likeness (QED) is 0.167. The Morgan fingerprint density at radius 1 is 0.649 bits per heavy atom. The van der Waals surface area contributed by atoms with Crippen LogP contribution in [0, 0.1) is 0 Å². The zero-order chi connectivity index (χ0) is 25.0. The van der Waals surface area contributed by atoms with E-state index in [1.54, 1.807) is 0 Å². The minimum absolute atomic E-state index is 0.674. The van der Waals surface area contributed by atoms with Crippen LogP contribution >= 0.6 is 0 Å². The van der Waals surface area contributed by atoms with Gasteiger partial charge in [-0.1, -0.05) is 97.6 Å². The summed E-state index contributed by atoms with van der Waals surface area (Å²) in [6.07, 6.45) is 3.82.